The van der Waals surface area contributed by atoms with E-state index in [-0.39, 0.29) is 5.56 Å². The van der Waals surface area contributed by atoms with Crippen molar-refractivity contribution < 1.29 is 18.3 Å². The number of nitrogens with zero attached hydrogens (tertiary/aromatic N) is 4. The number of aromatic nitrogens is 3. The molecule has 0 atom stereocenters. The number of anilines is 1. The zero-order valence-electron chi connectivity index (χ0n) is 19.3. The van der Waals surface area contributed by atoms with Crippen molar-refractivity contribution in [2.75, 3.05) is 51.8 Å². The van der Waals surface area contributed by atoms with Crippen LogP contribution in [0, 0.1) is 11.6 Å². The van der Waals surface area contributed by atoms with Crippen molar-refractivity contribution >= 4 is 16.7 Å². The van der Waals surface area contributed by atoms with Gasteiger partial charge in [0.1, 0.15) is 23.7 Å². The van der Waals surface area contributed by atoms with E-state index in [1.807, 2.05) is 12.1 Å². The van der Waals surface area contributed by atoms with Gasteiger partial charge < -0.3 is 14.8 Å². The second-order valence-electron chi connectivity index (χ2n) is 8.16. The number of nitrogens with one attached hydrogen (secondary N) is 1. The topological polar surface area (TPSA) is 72.4 Å². The first-order chi connectivity index (χ1) is 17.1. The van der Waals surface area contributed by atoms with Gasteiger partial charge in [0.2, 0.25) is 0 Å². The summed E-state index contributed by atoms with van der Waals surface area (Å²) in [6.45, 7) is 4.20. The highest BCUT2D eigenvalue weighted by atomic mass is 19.2. The minimum Gasteiger partial charge on any atom is -0.490 e. The van der Waals surface area contributed by atoms with Crippen molar-refractivity contribution in [3.8, 4) is 28.3 Å². The Kier molecular flexibility index (Phi) is 6.78. The molecule has 0 aliphatic carbocycles. The number of benzene rings is 2. The number of ether oxygens (including phenoxy) is 2. The summed E-state index contributed by atoms with van der Waals surface area (Å²) in [6, 6.07) is 11.3. The molecule has 2 aromatic heterocycles. The lowest BCUT2D eigenvalue weighted by atomic mass is 10.0. The van der Waals surface area contributed by atoms with Crippen LogP contribution in [0.25, 0.3) is 33.4 Å². The van der Waals surface area contributed by atoms with Crippen LogP contribution in [0.2, 0.25) is 0 Å². The molecule has 35 heavy (non-hydrogen) atoms. The lowest BCUT2D eigenvalue weighted by molar-refractivity contribution is 0.0323. The monoisotopic (exact) mass is 477 g/mol. The SMILES string of the molecule is CNc1nc(-c2cccnc2)nc2c(OCCN3CCOCC3)cc(-c3cccc(F)c3F)cc12. The van der Waals surface area contributed by atoms with Crippen molar-refractivity contribution in [2.24, 2.45) is 0 Å². The smallest absolute Gasteiger partial charge is 0.166 e. The molecule has 3 heterocycles. The number of halogens is 2. The standard InChI is InChI=1S/C26H25F2N5O2/c1-29-26-20-14-18(19-5-2-6-21(27)23(19)28)15-22(35-13-10-33-8-11-34-12-9-33)24(20)31-25(32-26)17-4-3-7-30-16-17/h2-7,14-16H,8-13H2,1H3,(H,29,31,32). The van der Waals surface area contributed by atoms with Crippen LogP contribution in [-0.4, -0.2) is 66.4 Å². The van der Waals surface area contributed by atoms with E-state index >= 15 is 0 Å². The summed E-state index contributed by atoms with van der Waals surface area (Å²) < 4.78 is 40.3. The molecule has 1 aliphatic rings. The van der Waals surface area contributed by atoms with Gasteiger partial charge in [-0.25, -0.2) is 18.7 Å². The fourth-order valence-corrected chi connectivity index (χ4v) is 4.12. The Morgan fingerprint density at radius 2 is 1.91 bits per heavy atom. The van der Waals surface area contributed by atoms with Crippen LogP contribution in [0.4, 0.5) is 14.6 Å². The van der Waals surface area contributed by atoms with Gasteiger partial charge in [-0.3, -0.25) is 9.88 Å². The van der Waals surface area contributed by atoms with Gasteiger partial charge in [0.25, 0.3) is 0 Å². The third kappa shape index (κ3) is 4.91. The third-order valence-corrected chi connectivity index (χ3v) is 5.95. The Hall–Kier alpha value is -3.69. The summed E-state index contributed by atoms with van der Waals surface area (Å²) in [7, 11) is 1.75. The van der Waals surface area contributed by atoms with E-state index in [0.29, 0.717) is 60.2 Å². The Balaban J connectivity index is 1.61. The zero-order valence-corrected chi connectivity index (χ0v) is 19.3. The van der Waals surface area contributed by atoms with Crippen molar-refractivity contribution in [1.82, 2.24) is 19.9 Å². The van der Waals surface area contributed by atoms with Crippen LogP contribution < -0.4 is 10.1 Å². The quantitative estimate of drug-likeness (QED) is 0.423. The normalized spacial score (nSPS) is 14.3. The Bertz CT molecular complexity index is 1330. The first-order valence-electron chi connectivity index (χ1n) is 11.5. The van der Waals surface area contributed by atoms with Gasteiger partial charge in [0, 0.05) is 55.6 Å². The van der Waals surface area contributed by atoms with Crippen LogP contribution >= 0.6 is 0 Å². The summed E-state index contributed by atoms with van der Waals surface area (Å²) in [5.41, 5.74) is 1.95. The van der Waals surface area contributed by atoms with E-state index in [4.69, 9.17) is 14.5 Å². The molecule has 4 aromatic rings. The molecule has 1 saturated heterocycles. The predicted octanol–water partition coefficient (Wildman–Crippen LogP) is 4.39. The van der Waals surface area contributed by atoms with E-state index in [1.54, 1.807) is 37.6 Å². The van der Waals surface area contributed by atoms with Gasteiger partial charge >= 0.3 is 0 Å². The molecule has 1 N–H and O–H groups in total. The van der Waals surface area contributed by atoms with Crippen molar-refractivity contribution in [3.05, 3.63) is 66.5 Å². The Labute approximate surface area is 201 Å². The maximum Gasteiger partial charge on any atom is 0.166 e. The molecule has 0 radical (unpaired) electrons. The highest BCUT2D eigenvalue weighted by molar-refractivity contribution is 5.97. The molecule has 0 unspecified atom stereocenters. The first-order valence-corrected chi connectivity index (χ1v) is 11.5. The minimum absolute atomic E-state index is 0.142. The maximum absolute atomic E-state index is 14.7. The summed E-state index contributed by atoms with van der Waals surface area (Å²) in [4.78, 5) is 15.9. The molecule has 5 rings (SSSR count). The van der Waals surface area contributed by atoms with Gasteiger partial charge in [0.15, 0.2) is 17.5 Å². The molecular formula is C26H25F2N5O2. The van der Waals surface area contributed by atoms with Crippen LogP contribution in [0.1, 0.15) is 0 Å². The summed E-state index contributed by atoms with van der Waals surface area (Å²) in [5, 5.41) is 3.74. The van der Waals surface area contributed by atoms with Crippen molar-refractivity contribution in [3.63, 3.8) is 0 Å². The number of hydrogen-bond acceptors (Lipinski definition) is 7. The van der Waals surface area contributed by atoms with Crippen LogP contribution in [0.5, 0.6) is 5.75 Å². The number of rotatable bonds is 7. The fourth-order valence-electron chi connectivity index (χ4n) is 4.12. The largest absolute Gasteiger partial charge is 0.490 e. The van der Waals surface area contributed by atoms with Crippen molar-refractivity contribution in [2.45, 2.75) is 0 Å². The second-order valence-corrected chi connectivity index (χ2v) is 8.16. The zero-order chi connectivity index (χ0) is 24.2. The van der Waals surface area contributed by atoms with Crippen LogP contribution in [0.15, 0.2) is 54.9 Å². The first kappa shape index (κ1) is 23.1. The number of hydrogen-bond donors (Lipinski definition) is 1. The Morgan fingerprint density at radius 1 is 1.06 bits per heavy atom. The molecule has 0 saturated carbocycles. The van der Waals surface area contributed by atoms with Gasteiger partial charge in [-0.2, -0.15) is 0 Å². The van der Waals surface area contributed by atoms with E-state index in [9.17, 15) is 8.78 Å². The molecule has 1 aliphatic heterocycles. The molecule has 2 aromatic carbocycles. The van der Waals surface area contributed by atoms with E-state index < -0.39 is 11.6 Å². The highest BCUT2D eigenvalue weighted by Crippen LogP contribution is 2.37. The van der Waals surface area contributed by atoms with E-state index in [0.717, 1.165) is 24.7 Å². The Morgan fingerprint density at radius 3 is 2.69 bits per heavy atom. The minimum atomic E-state index is -0.912. The van der Waals surface area contributed by atoms with Gasteiger partial charge in [-0.05, 0) is 35.9 Å². The number of morpholine rings is 1. The summed E-state index contributed by atoms with van der Waals surface area (Å²) >= 11 is 0. The molecule has 1 fully saturated rings. The second kappa shape index (κ2) is 10.3. The van der Waals surface area contributed by atoms with Crippen LogP contribution in [-0.2, 0) is 4.74 Å². The summed E-state index contributed by atoms with van der Waals surface area (Å²) in [5.74, 6) is -0.318. The van der Waals surface area contributed by atoms with Gasteiger partial charge in [-0.15, -0.1) is 0 Å². The molecule has 0 bridgehead atoms. The molecule has 9 heteroatoms. The van der Waals surface area contributed by atoms with Gasteiger partial charge in [-0.1, -0.05) is 12.1 Å². The molecule has 0 spiro atoms. The number of pyridine rings is 1. The number of fused-ring (bicyclic) bond motifs is 1. The average Bonchev–Trinajstić information content (AvgIpc) is 2.90. The lowest BCUT2D eigenvalue weighted by Gasteiger charge is -2.26. The highest BCUT2D eigenvalue weighted by Gasteiger charge is 2.18. The molecule has 0 amide bonds. The van der Waals surface area contributed by atoms with Crippen molar-refractivity contribution in [1.29, 1.82) is 0 Å². The van der Waals surface area contributed by atoms with E-state index in [1.165, 1.54) is 6.07 Å². The predicted molar refractivity (Wildman–Crippen MR) is 130 cm³/mol. The maximum atomic E-state index is 14.7. The summed E-state index contributed by atoms with van der Waals surface area (Å²) in [6.07, 6.45) is 3.37. The molecule has 180 valence electrons. The average molecular weight is 478 g/mol. The third-order valence-electron chi connectivity index (χ3n) is 5.95. The van der Waals surface area contributed by atoms with E-state index in [2.05, 4.69) is 20.2 Å². The fraction of sp³-hybridized carbons (Fsp3) is 0.269. The molecular weight excluding hydrogens is 452 g/mol. The van der Waals surface area contributed by atoms with Gasteiger partial charge in [0.05, 0.1) is 13.2 Å². The lowest BCUT2D eigenvalue weighted by Crippen LogP contribution is -2.38. The molecule has 7 nitrogen and oxygen atoms in total. The van der Waals surface area contributed by atoms with Crippen LogP contribution in [0.3, 0.4) is 0 Å².